The van der Waals surface area contributed by atoms with E-state index in [9.17, 15) is 9.18 Å². The molecule has 104 valence electrons. The number of hydrogen-bond acceptors (Lipinski definition) is 3. The predicted octanol–water partition coefficient (Wildman–Crippen LogP) is 3.11. The minimum atomic E-state index is -1.12. The van der Waals surface area contributed by atoms with Gasteiger partial charge in [-0.25, -0.2) is 9.18 Å². The Hall–Kier alpha value is -2.04. The number of ether oxygens (including phenoxy) is 2. The number of hydrogen-bond donors (Lipinski definition) is 1. The van der Waals surface area contributed by atoms with Crippen LogP contribution in [-0.2, 0) is 4.79 Å². The van der Waals surface area contributed by atoms with Crippen molar-refractivity contribution in [2.45, 2.75) is 20.8 Å². The zero-order valence-corrected chi connectivity index (χ0v) is 11.2. The minimum Gasteiger partial charge on any atom is -0.490 e. The molecule has 0 saturated carbocycles. The molecule has 1 rings (SSSR count). The van der Waals surface area contributed by atoms with Crippen molar-refractivity contribution >= 4 is 11.5 Å². The van der Waals surface area contributed by atoms with Gasteiger partial charge in [-0.3, -0.25) is 0 Å². The van der Waals surface area contributed by atoms with E-state index < -0.39 is 11.8 Å². The van der Waals surface area contributed by atoms with Crippen molar-refractivity contribution in [3.8, 4) is 11.5 Å². The van der Waals surface area contributed by atoms with E-state index in [1.54, 1.807) is 13.8 Å². The maximum Gasteiger partial charge on any atom is 0.328 e. The third-order valence-corrected chi connectivity index (χ3v) is 2.40. The van der Waals surface area contributed by atoms with E-state index in [0.29, 0.717) is 30.3 Å². The molecule has 0 unspecified atom stereocenters. The van der Waals surface area contributed by atoms with Crippen molar-refractivity contribution in [2.24, 2.45) is 0 Å². The number of allylic oxidation sites excluding steroid dienone is 1. The van der Waals surface area contributed by atoms with Crippen molar-refractivity contribution in [1.29, 1.82) is 0 Å². The maximum atomic E-state index is 13.9. The van der Waals surface area contributed by atoms with Crippen molar-refractivity contribution < 1.29 is 23.8 Å². The lowest BCUT2D eigenvalue weighted by Gasteiger charge is -2.13. The number of halogens is 1. The van der Waals surface area contributed by atoms with E-state index in [4.69, 9.17) is 14.6 Å². The Labute approximate surface area is 111 Å². The summed E-state index contributed by atoms with van der Waals surface area (Å²) in [6, 6.07) is 2.67. The van der Waals surface area contributed by atoms with Gasteiger partial charge in [0, 0.05) is 17.7 Å². The predicted molar refractivity (Wildman–Crippen MR) is 70.0 cm³/mol. The van der Waals surface area contributed by atoms with Crippen LogP contribution in [0.1, 0.15) is 26.3 Å². The number of carboxylic acid groups (broad SMARTS) is 1. The van der Waals surface area contributed by atoms with Crippen LogP contribution in [0.3, 0.4) is 0 Å². The Morgan fingerprint density at radius 1 is 1.26 bits per heavy atom. The van der Waals surface area contributed by atoms with E-state index >= 15 is 0 Å². The van der Waals surface area contributed by atoms with E-state index in [-0.39, 0.29) is 5.56 Å². The molecule has 4 nitrogen and oxygen atoms in total. The first-order valence-corrected chi connectivity index (χ1v) is 6.00. The van der Waals surface area contributed by atoms with Gasteiger partial charge in [-0.1, -0.05) is 0 Å². The molecule has 0 aliphatic rings. The summed E-state index contributed by atoms with van der Waals surface area (Å²) in [5.41, 5.74) is 0.503. The van der Waals surface area contributed by atoms with Crippen LogP contribution in [0.25, 0.3) is 5.57 Å². The molecule has 1 N–H and O–H groups in total. The van der Waals surface area contributed by atoms with Gasteiger partial charge in [-0.15, -0.1) is 0 Å². The fourth-order valence-corrected chi connectivity index (χ4v) is 1.64. The number of rotatable bonds is 6. The quantitative estimate of drug-likeness (QED) is 0.805. The molecule has 0 heterocycles. The van der Waals surface area contributed by atoms with Crippen LogP contribution in [0.15, 0.2) is 18.2 Å². The summed E-state index contributed by atoms with van der Waals surface area (Å²) >= 11 is 0. The average molecular weight is 268 g/mol. The van der Waals surface area contributed by atoms with Gasteiger partial charge in [-0.05, 0) is 32.4 Å². The highest BCUT2D eigenvalue weighted by atomic mass is 19.1. The summed E-state index contributed by atoms with van der Waals surface area (Å²) in [7, 11) is 0. The number of aliphatic carboxylic acids is 1. The third kappa shape index (κ3) is 3.98. The number of carboxylic acids is 1. The van der Waals surface area contributed by atoms with Crippen LogP contribution in [0, 0.1) is 5.82 Å². The lowest BCUT2D eigenvalue weighted by Crippen LogP contribution is -2.01. The van der Waals surface area contributed by atoms with Crippen LogP contribution in [-0.4, -0.2) is 24.3 Å². The molecule has 1 aromatic carbocycles. The van der Waals surface area contributed by atoms with Crippen molar-refractivity contribution in [1.82, 2.24) is 0 Å². The second-order valence-electron chi connectivity index (χ2n) is 3.81. The Kier molecular flexibility index (Phi) is 5.36. The summed E-state index contributed by atoms with van der Waals surface area (Å²) < 4.78 is 24.6. The molecule has 0 atom stereocenters. The summed E-state index contributed by atoms with van der Waals surface area (Å²) in [6.45, 7) is 5.92. The fourth-order valence-electron chi connectivity index (χ4n) is 1.64. The highest BCUT2D eigenvalue weighted by molar-refractivity contribution is 5.89. The van der Waals surface area contributed by atoms with E-state index in [2.05, 4.69) is 0 Å². The molecule has 0 fully saturated rings. The van der Waals surface area contributed by atoms with Gasteiger partial charge < -0.3 is 14.6 Å². The van der Waals surface area contributed by atoms with Crippen LogP contribution in [0.5, 0.6) is 11.5 Å². The molecule has 0 saturated heterocycles. The van der Waals surface area contributed by atoms with Crippen LogP contribution < -0.4 is 9.47 Å². The normalized spacial score (nSPS) is 11.3. The summed E-state index contributed by atoms with van der Waals surface area (Å²) in [6.07, 6.45) is 0.953. The zero-order chi connectivity index (χ0) is 14.4. The lowest BCUT2D eigenvalue weighted by molar-refractivity contribution is -0.131. The lowest BCUT2D eigenvalue weighted by atomic mass is 10.1. The van der Waals surface area contributed by atoms with E-state index in [1.165, 1.54) is 19.1 Å². The molecule has 0 aromatic heterocycles. The highest BCUT2D eigenvalue weighted by Gasteiger charge is 2.13. The van der Waals surface area contributed by atoms with Crippen molar-refractivity contribution in [3.05, 3.63) is 29.6 Å². The summed E-state index contributed by atoms with van der Waals surface area (Å²) in [4.78, 5) is 10.6. The van der Waals surface area contributed by atoms with Crippen LogP contribution in [0.4, 0.5) is 4.39 Å². The average Bonchev–Trinajstić information content (AvgIpc) is 2.31. The summed E-state index contributed by atoms with van der Waals surface area (Å²) in [5.74, 6) is -0.946. The smallest absolute Gasteiger partial charge is 0.328 e. The SMILES string of the molecule is CCOc1cc(F)c(/C(C)=C/C(=O)O)cc1OCC. The molecule has 0 aliphatic heterocycles. The molecular weight excluding hydrogens is 251 g/mol. The van der Waals surface area contributed by atoms with Crippen LogP contribution >= 0.6 is 0 Å². The van der Waals surface area contributed by atoms with Gasteiger partial charge in [0.05, 0.1) is 13.2 Å². The molecule has 5 heteroatoms. The summed E-state index contributed by atoms with van der Waals surface area (Å²) in [5, 5.41) is 8.69. The van der Waals surface area contributed by atoms with E-state index in [0.717, 1.165) is 6.08 Å². The van der Waals surface area contributed by atoms with Gasteiger partial charge in [0.1, 0.15) is 5.82 Å². The fraction of sp³-hybridized carbons (Fsp3) is 0.357. The minimum absolute atomic E-state index is 0.189. The van der Waals surface area contributed by atoms with Gasteiger partial charge in [-0.2, -0.15) is 0 Å². The Balaban J connectivity index is 3.27. The molecule has 0 bridgehead atoms. The van der Waals surface area contributed by atoms with Gasteiger partial charge >= 0.3 is 5.97 Å². The monoisotopic (exact) mass is 268 g/mol. The standard InChI is InChI=1S/C14H17FO4/c1-4-18-12-7-10(9(3)6-14(16)17)11(15)8-13(12)19-5-2/h6-8H,4-5H2,1-3H3,(H,16,17)/b9-6+. The molecule has 0 aliphatic carbocycles. The molecular formula is C14H17FO4. The molecule has 0 spiro atoms. The first-order valence-electron chi connectivity index (χ1n) is 6.00. The van der Waals surface area contributed by atoms with Crippen molar-refractivity contribution in [3.63, 3.8) is 0 Å². The largest absolute Gasteiger partial charge is 0.490 e. The molecule has 0 radical (unpaired) electrons. The highest BCUT2D eigenvalue weighted by Crippen LogP contribution is 2.33. The van der Waals surface area contributed by atoms with E-state index in [1.807, 2.05) is 0 Å². The second kappa shape index (κ2) is 6.78. The van der Waals surface area contributed by atoms with Crippen LogP contribution in [0.2, 0.25) is 0 Å². The molecule has 1 aromatic rings. The first-order chi connectivity index (χ1) is 8.99. The first kappa shape index (κ1) is 15.0. The maximum absolute atomic E-state index is 13.9. The van der Waals surface area contributed by atoms with Gasteiger partial charge in [0.2, 0.25) is 0 Å². The van der Waals surface area contributed by atoms with Gasteiger partial charge in [0.25, 0.3) is 0 Å². The third-order valence-electron chi connectivity index (χ3n) is 2.40. The number of benzene rings is 1. The molecule has 0 amide bonds. The van der Waals surface area contributed by atoms with Crippen molar-refractivity contribution in [2.75, 3.05) is 13.2 Å². The Bertz CT molecular complexity index is 494. The molecule has 19 heavy (non-hydrogen) atoms. The van der Waals surface area contributed by atoms with Gasteiger partial charge in [0.15, 0.2) is 11.5 Å². The second-order valence-corrected chi connectivity index (χ2v) is 3.81. The Morgan fingerprint density at radius 3 is 2.26 bits per heavy atom. The zero-order valence-electron chi connectivity index (χ0n) is 11.2. The number of carbonyl (C=O) groups is 1. The Morgan fingerprint density at radius 2 is 1.79 bits per heavy atom. The topological polar surface area (TPSA) is 55.8 Å².